The smallest absolute Gasteiger partial charge is 0.217 e. The third-order valence-corrected chi connectivity index (χ3v) is 5.57. The number of unbranched alkanes of at least 4 members (excludes halogenated alkanes) is 1. The number of nitrogens with zero attached hydrogens (tertiary/aromatic N) is 3. The van der Waals surface area contributed by atoms with Gasteiger partial charge >= 0.3 is 0 Å². The standard InChI is InChI=1S/C18H20N4OS2/c19-16(23)10-4-5-11-25-18-21-20-17(13-15-9-6-12-24-15)22(18)14-7-2-1-3-8-14/h1-3,6-9,12H,4-5,10-11,13H2,(H2,19,23). The van der Waals surface area contributed by atoms with E-state index in [1.54, 1.807) is 23.1 Å². The molecule has 2 aromatic heterocycles. The van der Waals surface area contributed by atoms with E-state index in [9.17, 15) is 4.79 Å². The largest absolute Gasteiger partial charge is 0.370 e. The Balaban J connectivity index is 1.75. The lowest BCUT2D eigenvalue weighted by molar-refractivity contribution is -0.118. The van der Waals surface area contributed by atoms with Gasteiger partial charge in [-0.05, 0) is 36.4 Å². The Kier molecular flexibility index (Phi) is 6.25. The van der Waals surface area contributed by atoms with Gasteiger partial charge in [-0.15, -0.1) is 21.5 Å². The Morgan fingerprint density at radius 2 is 1.96 bits per heavy atom. The number of primary amides is 1. The Bertz CT molecular complexity index is 800. The summed E-state index contributed by atoms with van der Waals surface area (Å²) in [5.41, 5.74) is 6.25. The van der Waals surface area contributed by atoms with Crippen LogP contribution in [0, 0.1) is 0 Å². The second-order valence-electron chi connectivity index (χ2n) is 5.60. The molecule has 0 atom stereocenters. The summed E-state index contributed by atoms with van der Waals surface area (Å²) in [6.45, 7) is 0. The molecule has 0 radical (unpaired) electrons. The highest BCUT2D eigenvalue weighted by atomic mass is 32.2. The first kappa shape index (κ1) is 17.7. The Hall–Kier alpha value is -2.12. The van der Waals surface area contributed by atoms with Gasteiger partial charge in [0.05, 0.1) is 0 Å². The first-order valence-corrected chi connectivity index (χ1v) is 10.0. The number of carbonyl (C=O) groups is 1. The topological polar surface area (TPSA) is 73.8 Å². The fourth-order valence-corrected chi connectivity index (χ4v) is 4.15. The van der Waals surface area contributed by atoms with Crippen LogP contribution in [0.1, 0.15) is 30.0 Å². The summed E-state index contributed by atoms with van der Waals surface area (Å²) < 4.78 is 2.12. The van der Waals surface area contributed by atoms with Gasteiger partial charge < -0.3 is 5.73 Å². The third kappa shape index (κ3) is 4.93. The van der Waals surface area contributed by atoms with Gasteiger partial charge in [0.25, 0.3) is 0 Å². The van der Waals surface area contributed by atoms with Crippen molar-refractivity contribution < 1.29 is 4.79 Å². The summed E-state index contributed by atoms with van der Waals surface area (Å²) in [6.07, 6.45) is 2.94. The van der Waals surface area contributed by atoms with Crippen molar-refractivity contribution in [3.8, 4) is 5.69 Å². The van der Waals surface area contributed by atoms with E-state index in [0.717, 1.165) is 41.7 Å². The maximum absolute atomic E-state index is 10.8. The summed E-state index contributed by atoms with van der Waals surface area (Å²) in [7, 11) is 0. The van der Waals surface area contributed by atoms with Crippen molar-refractivity contribution in [2.75, 3.05) is 5.75 Å². The molecule has 0 fully saturated rings. The normalized spacial score (nSPS) is 10.9. The number of para-hydroxylation sites is 1. The molecule has 0 unspecified atom stereocenters. The summed E-state index contributed by atoms with van der Waals surface area (Å²) in [5, 5.41) is 11.8. The van der Waals surface area contributed by atoms with E-state index in [0.29, 0.717) is 6.42 Å². The Labute approximate surface area is 155 Å². The van der Waals surface area contributed by atoms with Crippen LogP contribution in [0.2, 0.25) is 0 Å². The van der Waals surface area contributed by atoms with Gasteiger partial charge in [0.2, 0.25) is 5.91 Å². The molecule has 2 heterocycles. The molecule has 0 spiro atoms. The average molecular weight is 373 g/mol. The first-order chi connectivity index (χ1) is 12.2. The van der Waals surface area contributed by atoms with E-state index in [1.165, 1.54) is 4.88 Å². The van der Waals surface area contributed by atoms with Gasteiger partial charge in [-0.2, -0.15) is 0 Å². The fourth-order valence-electron chi connectivity index (χ4n) is 2.48. The quantitative estimate of drug-likeness (QED) is 0.459. The lowest BCUT2D eigenvalue weighted by atomic mass is 10.2. The molecule has 0 aliphatic carbocycles. The number of thiophene rings is 1. The van der Waals surface area contributed by atoms with E-state index >= 15 is 0 Å². The molecule has 2 N–H and O–H groups in total. The molecule has 1 aromatic carbocycles. The fraction of sp³-hybridized carbons (Fsp3) is 0.278. The van der Waals surface area contributed by atoms with E-state index in [2.05, 4.69) is 44.4 Å². The highest BCUT2D eigenvalue weighted by Crippen LogP contribution is 2.25. The molecule has 7 heteroatoms. The average Bonchev–Trinajstić information content (AvgIpc) is 3.25. The second-order valence-corrected chi connectivity index (χ2v) is 7.69. The lowest BCUT2D eigenvalue weighted by Crippen LogP contribution is -2.09. The van der Waals surface area contributed by atoms with Crippen LogP contribution >= 0.6 is 23.1 Å². The number of hydrogen-bond donors (Lipinski definition) is 1. The zero-order chi connectivity index (χ0) is 17.5. The molecule has 0 saturated carbocycles. The summed E-state index contributed by atoms with van der Waals surface area (Å²) in [4.78, 5) is 12.1. The lowest BCUT2D eigenvalue weighted by Gasteiger charge is -2.09. The van der Waals surface area contributed by atoms with Crippen molar-refractivity contribution in [3.63, 3.8) is 0 Å². The van der Waals surface area contributed by atoms with Crippen molar-refractivity contribution >= 4 is 29.0 Å². The van der Waals surface area contributed by atoms with Crippen molar-refractivity contribution in [2.45, 2.75) is 30.8 Å². The third-order valence-electron chi connectivity index (χ3n) is 3.68. The van der Waals surface area contributed by atoms with Crippen molar-refractivity contribution in [1.29, 1.82) is 0 Å². The highest BCUT2D eigenvalue weighted by molar-refractivity contribution is 7.99. The van der Waals surface area contributed by atoms with Crippen LogP contribution in [0.4, 0.5) is 0 Å². The van der Waals surface area contributed by atoms with Crippen LogP contribution in [0.15, 0.2) is 53.0 Å². The van der Waals surface area contributed by atoms with E-state index in [4.69, 9.17) is 5.73 Å². The number of hydrogen-bond acceptors (Lipinski definition) is 5. The van der Waals surface area contributed by atoms with Crippen LogP contribution in [-0.2, 0) is 11.2 Å². The van der Waals surface area contributed by atoms with Crippen molar-refractivity contribution in [3.05, 3.63) is 58.5 Å². The van der Waals surface area contributed by atoms with Crippen molar-refractivity contribution in [1.82, 2.24) is 14.8 Å². The second kappa shape index (κ2) is 8.82. The SMILES string of the molecule is NC(=O)CCCCSc1nnc(Cc2cccs2)n1-c1ccccc1. The summed E-state index contributed by atoms with van der Waals surface area (Å²) in [6, 6.07) is 14.3. The maximum Gasteiger partial charge on any atom is 0.217 e. The predicted molar refractivity (Wildman–Crippen MR) is 102 cm³/mol. The molecule has 0 aliphatic heterocycles. The number of carbonyl (C=O) groups excluding carboxylic acids is 1. The maximum atomic E-state index is 10.8. The number of benzene rings is 1. The number of nitrogens with two attached hydrogens (primary N) is 1. The number of thioether (sulfide) groups is 1. The van der Waals surface area contributed by atoms with Crippen LogP contribution in [0.3, 0.4) is 0 Å². The highest BCUT2D eigenvalue weighted by Gasteiger charge is 2.15. The number of aromatic nitrogens is 3. The van der Waals surface area contributed by atoms with E-state index in [1.807, 2.05) is 18.2 Å². The molecule has 3 rings (SSSR count). The van der Waals surface area contributed by atoms with Crippen LogP contribution in [0.5, 0.6) is 0 Å². The van der Waals surface area contributed by atoms with Gasteiger partial charge in [-0.25, -0.2) is 0 Å². The molecular weight excluding hydrogens is 352 g/mol. The van der Waals surface area contributed by atoms with Crippen molar-refractivity contribution in [2.24, 2.45) is 5.73 Å². The van der Waals surface area contributed by atoms with Crippen LogP contribution in [0.25, 0.3) is 5.69 Å². The molecular formula is C18H20N4OS2. The molecule has 25 heavy (non-hydrogen) atoms. The molecule has 0 bridgehead atoms. The summed E-state index contributed by atoms with van der Waals surface area (Å²) >= 11 is 3.39. The molecule has 0 aliphatic rings. The minimum atomic E-state index is -0.240. The zero-order valence-corrected chi connectivity index (χ0v) is 15.4. The molecule has 1 amide bonds. The molecule has 0 saturated heterocycles. The monoisotopic (exact) mass is 372 g/mol. The predicted octanol–water partition coefficient (Wildman–Crippen LogP) is 3.67. The number of amides is 1. The minimum Gasteiger partial charge on any atom is -0.370 e. The van der Waals surface area contributed by atoms with Crippen LogP contribution < -0.4 is 5.73 Å². The van der Waals surface area contributed by atoms with E-state index in [-0.39, 0.29) is 5.91 Å². The van der Waals surface area contributed by atoms with E-state index < -0.39 is 0 Å². The Morgan fingerprint density at radius 3 is 2.68 bits per heavy atom. The van der Waals surface area contributed by atoms with Gasteiger partial charge in [0.15, 0.2) is 5.16 Å². The zero-order valence-electron chi connectivity index (χ0n) is 13.8. The Morgan fingerprint density at radius 1 is 1.12 bits per heavy atom. The van der Waals surface area contributed by atoms with Crippen LogP contribution in [-0.4, -0.2) is 26.4 Å². The molecule has 5 nitrogen and oxygen atoms in total. The minimum absolute atomic E-state index is 0.240. The van der Waals surface area contributed by atoms with Gasteiger partial charge in [0, 0.05) is 29.2 Å². The van der Waals surface area contributed by atoms with Gasteiger partial charge in [0.1, 0.15) is 5.82 Å². The summed E-state index contributed by atoms with van der Waals surface area (Å²) in [5.74, 6) is 1.58. The first-order valence-electron chi connectivity index (χ1n) is 8.17. The number of rotatable bonds is 9. The van der Waals surface area contributed by atoms with Gasteiger partial charge in [-0.1, -0.05) is 36.0 Å². The van der Waals surface area contributed by atoms with Gasteiger partial charge in [-0.3, -0.25) is 9.36 Å². The molecule has 130 valence electrons. The molecule has 3 aromatic rings.